The summed E-state index contributed by atoms with van der Waals surface area (Å²) in [6.45, 7) is 1.81. The lowest BCUT2D eigenvalue weighted by atomic mass is 10.2. The minimum atomic E-state index is -3.08. The van der Waals surface area contributed by atoms with E-state index in [1.165, 1.54) is 18.4 Å². The average molecular weight is 323 g/mol. The van der Waals surface area contributed by atoms with E-state index in [0.29, 0.717) is 16.7 Å². The lowest BCUT2D eigenvalue weighted by molar-refractivity contribution is -0.384. The largest absolute Gasteiger partial charge is 0.356 e. The fraction of sp³-hybridized carbons (Fsp3) is 0.357. The molecule has 0 N–H and O–H groups in total. The Kier molecular flexibility index (Phi) is 4.32. The van der Waals surface area contributed by atoms with Gasteiger partial charge >= 0.3 is 0 Å². The van der Waals surface area contributed by atoms with Crippen LogP contribution in [0.25, 0.3) is 10.9 Å². The zero-order valence-electron chi connectivity index (χ0n) is 12.6. The number of fused-ring (bicyclic) bond motifs is 1. The van der Waals surface area contributed by atoms with Crippen LogP contribution in [-0.2, 0) is 9.84 Å². The molecule has 1 atom stereocenters. The maximum atomic E-state index is 11.4. The number of hydrogen-bond donors (Lipinski definition) is 0. The topological polar surface area (TPSA) is 93.4 Å². The SMILES string of the molecule is CC(CS(C)(=O)=O)N(C)c1ccc2cc([N+](=O)[O-])ccc2n1. The molecule has 0 saturated carbocycles. The highest BCUT2D eigenvalue weighted by molar-refractivity contribution is 7.90. The van der Waals surface area contributed by atoms with Crippen molar-refractivity contribution in [2.24, 2.45) is 0 Å². The van der Waals surface area contributed by atoms with Gasteiger partial charge in [-0.3, -0.25) is 10.1 Å². The molecular weight excluding hydrogens is 306 g/mol. The molecule has 1 aromatic heterocycles. The molecule has 0 aliphatic heterocycles. The first-order valence-electron chi connectivity index (χ1n) is 6.63. The van der Waals surface area contributed by atoms with Gasteiger partial charge in [-0.2, -0.15) is 0 Å². The Morgan fingerprint density at radius 3 is 2.59 bits per heavy atom. The van der Waals surface area contributed by atoms with Gasteiger partial charge < -0.3 is 4.90 Å². The average Bonchev–Trinajstić information content (AvgIpc) is 2.43. The van der Waals surface area contributed by atoms with E-state index in [1.807, 2.05) is 6.92 Å². The predicted octanol–water partition coefficient (Wildman–Crippen LogP) is 2.01. The van der Waals surface area contributed by atoms with E-state index >= 15 is 0 Å². The molecule has 118 valence electrons. The van der Waals surface area contributed by atoms with Crippen molar-refractivity contribution in [2.75, 3.05) is 24.0 Å². The van der Waals surface area contributed by atoms with Crippen molar-refractivity contribution in [3.8, 4) is 0 Å². The predicted molar refractivity (Wildman–Crippen MR) is 86.0 cm³/mol. The van der Waals surface area contributed by atoms with Crippen LogP contribution in [0.2, 0.25) is 0 Å². The van der Waals surface area contributed by atoms with Gasteiger partial charge in [0.2, 0.25) is 0 Å². The van der Waals surface area contributed by atoms with Gasteiger partial charge in [-0.1, -0.05) is 0 Å². The standard InChI is InChI=1S/C14H17N3O4S/c1-10(9-22(3,20)21)16(2)14-7-4-11-8-12(17(18)19)5-6-13(11)15-14/h4-8,10H,9H2,1-3H3. The van der Waals surface area contributed by atoms with E-state index in [-0.39, 0.29) is 17.5 Å². The van der Waals surface area contributed by atoms with E-state index in [2.05, 4.69) is 4.98 Å². The number of anilines is 1. The monoisotopic (exact) mass is 323 g/mol. The molecule has 0 saturated heterocycles. The van der Waals surface area contributed by atoms with E-state index in [4.69, 9.17) is 0 Å². The second-order valence-electron chi connectivity index (χ2n) is 5.36. The van der Waals surface area contributed by atoms with E-state index in [0.717, 1.165) is 0 Å². The van der Waals surface area contributed by atoms with Crippen LogP contribution < -0.4 is 4.90 Å². The number of hydrogen-bond acceptors (Lipinski definition) is 6. The Labute approximate surface area is 128 Å². The van der Waals surface area contributed by atoms with Gasteiger partial charge in [0.25, 0.3) is 5.69 Å². The summed E-state index contributed by atoms with van der Waals surface area (Å²) in [5.74, 6) is 0.654. The fourth-order valence-electron chi connectivity index (χ4n) is 2.19. The molecule has 2 aromatic rings. The summed E-state index contributed by atoms with van der Waals surface area (Å²) in [5, 5.41) is 11.4. The van der Waals surface area contributed by atoms with Gasteiger partial charge in [-0.05, 0) is 25.1 Å². The summed E-state index contributed by atoms with van der Waals surface area (Å²) in [6.07, 6.45) is 1.20. The minimum Gasteiger partial charge on any atom is -0.356 e. The lowest BCUT2D eigenvalue weighted by Gasteiger charge is -2.25. The highest BCUT2D eigenvalue weighted by Crippen LogP contribution is 2.23. The minimum absolute atomic E-state index is 0.0147. The summed E-state index contributed by atoms with van der Waals surface area (Å²) >= 11 is 0. The number of benzene rings is 1. The number of nitrogens with zero attached hydrogens (tertiary/aromatic N) is 3. The summed E-state index contributed by atoms with van der Waals surface area (Å²) in [6, 6.07) is 7.70. The third-order valence-electron chi connectivity index (χ3n) is 3.44. The van der Waals surface area contributed by atoms with Crippen LogP contribution in [0.3, 0.4) is 0 Å². The van der Waals surface area contributed by atoms with Crippen LogP contribution >= 0.6 is 0 Å². The Morgan fingerprint density at radius 1 is 1.32 bits per heavy atom. The molecule has 7 nitrogen and oxygen atoms in total. The van der Waals surface area contributed by atoms with Gasteiger partial charge in [0.15, 0.2) is 0 Å². The molecule has 0 aliphatic carbocycles. The molecule has 1 aromatic carbocycles. The second-order valence-corrected chi connectivity index (χ2v) is 7.54. The van der Waals surface area contributed by atoms with Crippen molar-refractivity contribution in [1.82, 2.24) is 4.98 Å². The smallest absolute Gasteiger partial charge is 0.270 e. The van der Waals surface area contributed by atoms with Crippen LogP contribution in [0.15, 0.2) is 30.3 Å². The van der Waals surface area contributed by atoms with Crippen molar-refractivity contribution in [1.29, 1.82) is 0 Å². The number of pyridine rings is 1. The summed E-state index contributed by atoms with van der Waals surface area (Å²) in [5.41, 5.74) is 0.641. The summed E-state index contributed by atoms with van der Waals surface area (Å²) in [7, 11) is -1.31. The normalized spacial score (nSPS) is 13.0. The van der Waals surface area contributed by atoms with Crippen LogP contribution in [0.5, 0.6) is 0 Å². The first-order valence-corrected chi connectivity index (χ1v) is 8.69. The Bertz CT molecular complexity index is 820. The number of rotatable bonds is 5. The number of sulfone groups is 1. The van der Waals surface area contributed by atoms with Gasteiger partial charge in [0.05, 0.1) is 16.2 Å². The fourth-order valence-corrected chi connectivity index (χ4v) is 3.29. The van der Waals surface area contributed by atoms with Crippen molar-refractivity contribution in [2.45, 2.75) is 13.0 Å². The molecule has 0 amide bonds. The maximum Gasteiger partial charge on any atom is 0.270 e. The molecule has 0 spiro atoms. The Balaban J connectivity index is 2.33. The van der Waals surface area contributed by atoms with Crippen LogP contribution in [0, 0.1) is 10.1 Å². The van der Waals surface area contributed by atoms with Crippen LogP contribution in [-0.4, -0.2) is 43.4 Å². The summed E-state index contributed by atoms with van der Waals surface area (Å²) < 4.78 is 22.8. The number of nitro benzene ring substituents is 1. The van der Waals surface area contributed by atoms with Crippen molar-refractivity contribution < 1.29 is 13.3 Å². The van der Waals surface area contributed by atoms with Crippen molar-refractivity contribution >= 4 is 32.2 Å². The molecule has 8 heteroatoms. The number of nitro groups is 1. The van der Waals surface area contributed by atoms with E-state index in [1.54, 1.807) is 30.1 Å². The molecule has 1 unspecified atom stereocenters. The number of aromatic nitrogens is 1. The third-order valence-corrected chi connectivity index (χ3v) is 4.52. The second kappa shape index (κ2) is 5.88. The molecule has 0 fully saturated rings. The van der Waals surface area contributed by atoms with Crippen molar-refractivity contribution in [3.63, 3.8) is 0 Å². The molecule has 0 radical (unpaired) electrons. The zero-order chi connectivity index (χ0) is 16.5. The summed E-state index contributed by atoms with van der Waals surface area (Å²) in [4.78, 5) is 16.5. The van der Waals surface area contributed by atoms with Gasteiger partial charge in [0.1, 0.15) is 15.7 Å². The Morgan fingerprint density at radius 2 is 2.00 bits per heavy atom. The van der Waals surface area contributed by atoms with Gasteiger partial charge in [0, 0.05) is 36.9 Å². The van der Waals surface area contributed by atoms with Gasteiger partial charge in [-0.15, -0.1) is 0 Å². The van der Waals surface area contributed by atoms with Crippen LogP contribution in [0.1, 0.15) is 6.92 Å². The molecular formula is C14H17N3O4S. The number of non-ortho nitro benzene ring substituents is 1. The zero-order valence-corrected chi connectivity index (χ0v) is 13.4. The third kappa shape index (κ3) is 3.70. The Hall–Kier alpha value is -2.22. The molecule has 0 bridgehead atoms. The first kappa shape index (κ1) is 16.2. The quantitative estimate of drug-likeness (QED) is 0.617. The lowest BCUT2D eigenvalue weighted by Crippen LogP contribution is -2.35. The van der Waals surface area contributed by atoms with Crippen molar-refractivity contribution in [3.05, 3.63) is 40.4 Å². The molecule has 2 rings (SSSR count). The molecule has 0 aliphatic rings. The van der Waals surface area contributed by atoms with E-state index in [9.17, 15) is 18.5 Å². The van der Waals surface area contributed by atoms with E-state index < -0.39 is 14.8 Å². The van der Waals surface area contributed by atoms with Crippen LogP contribution in [0.4, 0.5) is 11.5 Å². The highest BCUT2D eigenvalue weighted by atomic mass is 32.2. The highest BCUT2D eigenvalue weighted by Gasteiger charge is 2.17. The maximum absolute atomic E-state index is 11.4. The molecule has 22 heavy (non-hydrogen) atoms. The molecule has 1 heterocycles. The van der Waals surface area contributed by atoms with Gasteiger partial charge in [-0.25, -0.2) is 13.4 Å². The first-order chi connectivity index (χ1) is 10.2.